The van der Waals surface area contributed by atoms with Crippen LogP contribution in [0.25, 0.3) is 0 Å². The first-order chi connectivity index (χ1) is 23.8. The molecule has 4 atom stereocenters. The Morgan fingerprint density at radius 1 is 0.980 bits per heavy atom. The average Bonchev–Trinajstić information content (AvgIpc) is 3.09. The van der Waals surface area contributed by atoms with Crippen molar-refractivity contribution in [2.45, 2.75) is 96.6 Å². The molecular weight excluding hydrogens is 653 g/mol. The Balaban J connectivity index is 1.55. The summed E-state index contributed by atoms with van der Waals surface area (Å²) >= 11 is 0. The number of benzene rings is 2. The van der Waals surface area contributed by atoms with E-state index < -0.39 is 29.9 Å². The van der Waals surface area contributed by atoms with Gasteiger partial charge in [-0.3, -0.25) is 9.59 Å². The number of fused-ring (bicyclic) bond motifs is 1. The maximum absolute atomic E-state index is 14.4. The van der Waals surface area contributed by atoms with Crippen molar-refractivity contribution in [3.63, 3.8) is 0 Å². The van der Waals surface area contributed by atoms with Crippen LogP contribution >= 0.6 is 0 Å². The summed E-state index contributed by atoms with van der Waals surface area (Å²) in [5, 5.41) is 15.9. The van der Waals surface area contributed by atoms with Crippen molar-refractivity contribution >= 4 is 29.2 Å². The second-order valence-corrected chi connectivity index (χ2v) is 13.7. The number of amides is 4. The summed E-state index contributed by atoms with van der Waals surface area (Å²) in [6.07, 6.45) is 1.84. The number of urea groups is 1. The molecule has 1 aliphatic heterocycles. The van der Waals surface area contributed by atoms with Crippen LogP contribution in [0.15, 0.2) is 42.5 Å². The Morgan fingerprint density at radius 3 is 2.30 bits per heavy atom. The van der Waals surface area contributed by atoms with Gasteiger partial charge in [0.15, 0.2) is 0 Å². The number of carbonyl (C=O) groups is 3. The molecule has 3 N–H and O–H groups in total. The lowest BCUT2D eigenvalue weighted by molar-refractivity contribution is -0.137. The largest absolute Gasteiger partial charge is 0.490 e. The molecule has 1 aliphatic carbocycles. The van der Waals surface area contributed by atoms with Crippen LogP contribution in [0.2, 0.25) is 0 Å². The van der Waals surface area contributed by atoms with Gasteiger partial charge in [0.25, 0.3) is 5.91 Å². The molecule has 0 bridgehead atoms. The number of ether oxygens (including phenoxy) is 2. The molecule has 0 aromatic heterocycles. The van der Waals surface area contributed by atoms with E-state index in [2.05, 4.69) is 10.6 Å². The fraction of sp³-hybridized carbons (Fsp3) is 0.595. The van der Waals surface area contributed by atoms with Crippen LogP contribution in [0, 0.1) is 11.8 Å². The topological polar surface area (TPSA) is 120 Å². The molecule has 2 aromatic rings. The van der Waals surface area contributed by atoms with E-state index in [0.29, 0.717) is 24.5 Å². The number of hydrogen-bond acceptors (Lipinski definition) is 6. The van der Waals surface area contributed by atoms with Gasteiger partial charge >= 0.3 is 12.2 Å². The molecule has 1 heterocycles. The molecule has 0 unspecified atom stereocenters. The zero-order valence-corrected chi connectivity index (χ0v) is 29.4. The Bertz CT molecular complexity index is 1430. The molecule has 276 valence electrons. The summed E-state index contributed by atoms with van der Waals surface area (Å²) in [6, 6.07) is 8.22. The van der Waals surface area contributed by atoms with Crippen molar-refractivity contribution in [2.24, 2.45) is 11.8 Å². The Morgan fingerprint density at radius 2 is 1.64 bits per heavy atom. The van der Waals surface area contributed by atoms with Crippen molar-refractivity contribution in [3.8, 4) is 5.75 Å². The highest BCUT2D eigenvalue weighted by molar-refractivity contribution is 6.00. The third-order valence-corrected chi connectivity index (χ3v) is 9.56. The number of hydrogen-bond donors (Lipinski definition) is 3. The van der Waals surface area contributed by atoms with Crippen LogP contribution < -0.4 is 15.4 Å². The number of alkyl halides is 3. The molecule has 50 heavy (non-hydrogen) atoms. The van der Waals surface area contributed by atoms with Gasteiger partial charge in [-0.1, -0.05) is 26.2 Å². The molecule has 4 rings (SSSR count). The highest BCUT2D eigenvalue weighted by atomic mass is 19.4. The lowest BCUT2D eigenvalue weighted by atomic mass is 9.88. The highest BCUT2D eigenvalue weighted by Crippen LogP contribution is 2.31. The van der Waals surface area contributed by atoms with E-state index in [4.69, 9.17) is 9.47 Å². The van der Waals surface area contributed by atoms with E-state index in [1.54, 1.807) is 37.1 Å². The molecule has 0 radical (unpaired) electrons. The zero-order chi connectivity index (χ0) is 36.4. The van der Waals surface area contributed by atoms with Crippen molar-refractivity contribution in [3.05, 3.63) is 53.6 Å². The zero-order valence-electron chi connectivity index (χ0n) is 29.4. The van der Waals surface area contributed by atoms with Gasteiger partial charge in [-0.2, -0.15) is 13.2 Å². The number of halogens is 3. The monoisotopic (exact) mass is 704 g/mol. The number of aliphatic hydroxyl groups excluding tert-OH is 1. The number of aliphatic hydroxyl groups is 1. The number of nitrogens with one attached hydrogen (secondary N) is 2. The van der Waals surface area contributed by atoms with E-state index in [1.807, 2.05) is 13.8 Å². The molecule has 2 aliphatic rings. The molecule has 0 spiro atoms. The van der Waals surface area contributed by atoms with Crippen molar-refractivity contribution in [1.29, 1.82) is 0 Å². The predicted octanol–water partition coefficient (Wildman–Crippen LogP) is 7.18. The third kappa shape index (κ3) is 10.8. The highest BCUT2D eigenvalue weighted by Gasteiger charge is 2.32. The fourth-order valence-corrected chi connectivity index (χ4v) is 6.39. The first-order valence-electron chi connectivity index (χ1n) is 17.6. The minimum atomic E-state index is -4.48. The van der Waals surface area contributed by atoms with Crippen LogP contribution in [-0.4, -0.2) is 84.4 Å². The lowest BCUT2D eigenvalue weighted by Gasteiger charge is -2.35. The Labute approximate surface area is 292 Å². The lowest BCUT2D eigenvalue weighted by Crippen LogP contribution is -2.48. The third-order valence-electron chi connectivity index (χ3n) is 9.56. The van der Waals surface area contributed by atoms with Gasteiger partial charge in [-0.15, -0.1) is 0 Å². The maximum atomic E-state index is 14.4. The average molecular weight is 705 g/mol. The van der Waals surface area contributed by atoms with E-state index >= 15 is 0 Å². The van der Waals surface area contributed by atoms with Gasteiger partial charge in [0.05, 0.1) is 36.0 Å². The van der Waals surface area contributed by atoms with Crippen LogP contribution in [0.1, 0.15) is 88.1 Å². The number of nitrogens with zero attached hydrogens (tertiary/aromatic N) is 2. The van der Waals surface area contributed by atoms with Crippen LogP contribution in [0.4, 0.5) is 29.3 Å². The van der Waals surface area contributed by atoms with Gasteiger partial charge in [0.1, 0.15) is 5.75 Å². The summed E-state index contributed by atoms with van der Waals surface area (Å²) < 4.78 is 51.6. The van der Waals surface area contributed by atoms with Gasteiger partial charge in [-0.25, -0.2) is 4.79 Å². The SMILES string of the molecule is C[C@H](CO)N1C[C@H](C)[C@H](CN(C)C(=O)Nc2ccc(C(F)(F)F)cc2)OCCCC[C@H](C)Oc2ccc(NC(=O)C3CCCCC3)cc2C1=O. The summed E-state index contributed by atoms with van der Waals surface area (Å²) in [5.74, 6) is -0.421. The molecule has 4 amide bonds. The smallest absolute Gasteiger partial charge is 0.416 e. The Hall–Kier alpha value is -3.84. The van der Waals surface area contributed by atoms with E-state index in [-0.39, 0.29) is 60.7 Å². The molecule has 1 saturated carbocycles. The van der Waals surface area contributed by atoms with Gasteiger partial charge in [-0.05, 0) is 88.4 Å². The molecule has 2 aromatic carbocycles. The normalized spacial score (nSPS) is 22.0. The molecule has 13 heteroatoms. The second kappa shape index (κ2) is 17.9. The van der Waals surface area contributed by atoms with Gasteiger partial charge < -0.3 is 35.0 Å². The van der Waals surface area contributed by atoms with Gasteiger partial charge in [0, 0.05) is 50.0 Å². The predicted molar refractivity (Wildman–Crippen MR) is 185 cm³/mol. The quantitative estimate of drug-likeness (QED) is 0.281. The van der Waals surface area contributed by atoms with Crippen LogP contribution in [0.5, 0.6) is 5.75 Å². The minimum absolute atomic E-state index is 0.0621. The van der Waals surface area contributed by atoms with Crippen molar-refractivity contribution in [2.75, 3.05) is 44.0 Å². The summed E-state index contributed by atoms with van der Waals surface area (Å²) in [5.41, 5.74) is 0.170. The first kappa shape index (κ1) is 39.0. The summed E-state index contributed by atoms with van der Waals surface area (Å²) in [7, 11) is 1.57. The number of likely N-dealkylation sites (N-methyl/N-ethyl adjacent to an activating group) is 1. The van der Waals surface area contributed by atoms with E-state index in [9.17, 15) is 32.7 Å². The molecule has 0 saturated heterocycles. The fourth-order valence-electron chi connectivity index (χ4n) is 6.39. The van der Waals surface area contributed by atoms with Crippen molar-refractivity contribution < 1.29 is 42.1 Å². The number of anilines is 2. The molecule has 10 nitrogen and oxygen atoms in total. The van der Waals surface area contributed by atoms with Crippen LogP contribution in [-0.2, 0) is 15.7 Å². The van der Waals surface area contributed by atoms with Gasteiger partial charge in [0.2, 0.25) is 5.91 Å². The van der Waals surface area contributed by atoms with E-state index in [0.717, 1.165) is 57.1 Å². The molecular formula is C37H51F3N4O6. The summed E-state index contributed by atoms with van der Waals surface area (Å²) in [6.45, 7) is 5.99. The molecule has 1 fully saturated rings. The van der Waals surface area contributed by atoms with E-state index in [1.165, 1.54) is 17.0 Å². The van der Waals surface area contributed by atoms with Crippen LogP contribution in [0.3, 0.4) is 0 Å². The Kier molecular flexibility index (Phi) is 13.9. The number of carbonyl (C=O) groups excluding carboxylic acids is 3. The minimum Gasteiger partial charge on any atom is -0.490 e. The second-order valence-electron chi connectivity index (χ2n) is 13.7. The maximum Gasteiger partial charge on any atom is 0.416 e. The first-order valence-corrected chi connectivity index (χ1v) is 17.6. The number of rotatable bonds is 7. The van der Waals surface area contributed by atoms with Crippen molar-refractivity contribution in [1.82, 2.24) is 9.80 Å². The standard InChI is InChI=1S/C37H51F3N4O6/c1-24-21-44(25(2)23-45)35(47)31-20-30(41-34(46)27-11-6-5-7-12-27)17-18-32(31)50-26(3)10-8-9-19-49-33(24)22-43(4)36(48)42-29-15-13-28(14-16-29)37(38,39)40/h13-18,20,24-27,33,45H,5-12,19,21-23H2,1-4H3,(H,41,46)(H,42,48)/t24-,25+,26-,33-/m0/s1. The summed E-state index contributed by atoms with van der Waals surface area (Å²) in [4.78, 5) is 43.5.